The summed E-state index contributed by atoms with van der Waals surface area (Å²) in [5.74, 6) is 1.22. The molecular formula is C9H11BrO3. The molecule has 0 aromatic heterocycles. The van der Waals surface area contributed by atoms with Crippen LogP contribution in [0.2, 0.25) is 0 Å². The normalized spacial score (nSPS) is 9.85. The first-order chi connectivity index (χ1) is 6.11. The zero-order valence-corrected chi connectivity index (χ0v) is 9.31. The SMILES string of the molecule is COc1c(O)cc(Br)c(OC)c1C. The van der Waals surface area contributed by atoms with Gasteiger partial charge in [0.1, 0.15) is 5.75 Å². The summed E-state index contributed by atoms with van der Waals surface area (Å²) < 4.78 is 10.9. The minimum absolute atomic E-state index is 0.104. The molecule has 0 unspecified atom stereocenters. The van der Waals surface area contributed by atoms with Crippen molar-refractivity contribution in [3.8, 4) is 17.2 Å². The summed E-state index contributed by atoms with van der Waals surface area (Å²) in [6.45, 7) is 1.82. The number of phenolic OH excluding ortho intramolecular Hbond substituents is 1. The Morgan fingerprint density at radius 1 is 1.23 bits per heavy atom. The molecule has 0 aliphatic carbocycles. The molecule has 0 atom stereocenters. The maximum atomic E-state index is 9.48. The van der Waals surface area contributed by atoms with Crippen LogP contribution in [0.15, 0.2) is 10.5 Å². The highest BCUT2D eigenvalue weighted by atomic mass is 79.9. The number of phenols is 1. The fourth-order valence-electron chi connectivity index (χ4n) is 1.23. The van der Waals surface area contributed by atoms with E-state index in [1.807, 2.05) is 6.92 Å². The number of benzene rings is 1. The van der Waals surface area contributed by atoms with Crippen molar-refractivity contribution in [2.24, 2.45) is 0 Å². The van der Waals surface area contributed by atoms with E-state index in [1.54, 1.807) is 13.2 Å². The van der Waals surface area contributed by atoms with Gasteiger partial charge in [0.2, 0.25) is 0 Å². The molecule has 4 heteroatoms. The van der Waals surface area contributed by atoms with E-state index in [9.17, 15) is 5.11 Å². The van der Waals surface area contributed by atoms with Crippen molar-refractivity contribution in [1.82, 2.24) is 0 Å². The van der Waals surface area contributed by atoms with E-state index in [-0.39, 0.29) is 5.75 Å². The zero-order chi connectivity index (χ0) is 10.0. The minimum atomic E-state index is 0.104. The van der Waals surface area contributed by atoms with Gasteiger partial charge in [-0.2, -0.15) is 0 Å². The molecule has 13 heavy (non-hydrogen) atoms. The van der Waals surface area contributed by atoms with Crippen LogP contribution in [0.5, 0.6) is 17.2 Å². The number of rotatable bonds is 2. The molecule has 1 rings (SSSR count). The van der Waals surface area contributed by atoms with Gasteiger partial charge in [-0.25, -0.2) is 0 Å². The summed E-state index contributed by atoms with van der Waals surface area (Å²) in [6.07, 6.45) is 0. The van der Waals surface area contributed by atoms with Crippen LogP contribution >= 0.6 is 15.9 Å². The van der Waals surface area contributed by atoms with Gasteiger partial charge in [0.05, 0.1) is 18.7 Å². The number of hydrogen-bond acceptors (Lipinski definition) is 3. The Labute approximate surface area is 85.4 Å². The summed E-state index contributed by atoms with van der Waals surface area (Å²) in [5.41, 5.74) is 0.775. The molecule has 1 N–H and O–H groups in total. The van der Waals surface area contributed by atoms with Crippen LogP contribution in [-0.2, 0) is 0 Å². The predicted molar refractivity (Wildman–Crippen MR) is 53.6 cm³/mol. The lowest BCUT2D eigenvalue weighted by Crippen LogP contribution is -1.93. The second kappa shape index (κ2) is 3.87. The van der Waals surface area contributed by atoms with Crippen LogP contribution in [-0.4, -0.2) is 19.3 Å². The molecule has 0 spiro atoms. The van der Waals surface area contributed by atoms with Crippen molar-refractivity contribution >= 4 is 15.9 Å². The lowest BCUT2D eigenvalue weighted by molar-refractivity contribution is 0.359. The van der Waals surface area contributed by atoms with E-state index in [1.165, 1.54) is 7.11 Å². The van der Waals surface area contributed by atoms with E-state index in [4.69, 9.17) is 9.47 Å². The van der Waals surface area contributed by atoms with Crippen molar-refractivity contribution in [3.05, 3.63) is 16.1 Å². The van der Waals surface area contributed by atoms with Crippen LogP contribution in [0.4, 0.5) is 0 Å². The fourth-order valence-corrected chi connectivity index (χ4v) is 1.91. The van der Waals surface area contributed by atoms with Gasteiger partial charge in [0.15, 0.2) is 11.5 Å². The van der Waals surface area contributed by atoms with Crippen LogP contribution in [0.3, 0.4) is 0 Å². The molecule has 0 saturated heterocycles. The Kier molecular flexibility index (Phi) is 3.03. The number of methoxy groups -OCH3 is 2. The number of hydrogen-bond donors (Lipinski definition) is 1. The quantitative estimate of drug-likeness (QED) is 0.872. The largest absolute Gasteiger partial charge is 0.504 e. The van der Waals surface area contributed by atoms with Gasteiger partial charge in [0, 0.05) is 11.6 Å². The van der Waals surface area contributed by atoms with Gasteiger partial charge in [-0.1, -0.05) is 0 Å². The van der Waals surface area contributed by atoms with Gasteiger partial charge in [-0.3, -0.25) is 0 Å². The first-order valence-electron chi connectivity index (χ1n) is 3.71. The number of aromatic hydroxyl groups is 1. The Morgan fingerprint density at radius 2 is 1.77 bits per heavy atom. The molecule has 1 aromatic rings. The standard InChI is InChI=1S/C9H11BrO3/c1-5-8(12-2)6(10)4-7(11)9(5)13-3/h4,11H,1-3H3. The zero-order valence-electron chi connectivity index (χ0n) is 7.72. The van der Waals surface area contributed by atoms with Gasteiger partial charge >= 0.3 is 0 Å². The Bertz CT molecular complexity index is 295. The van der Waals surface area contributed by atoms with Gasteiger partial charge < -0.3 is 14.6 Å². The molecule has 72 valence electrons. The smallest absolute Gasteiger partial charge is 0.167 e. The maximum absolute atomic E-state index is 9.48. The molecule has 0 heterocycles. The molecule has 0 bridgehead atoms. The first-order valence-corrected chi connectivity index (χ1v) is 4.51. The second-order valence-electron chi connectivity index (χ2n) is 2.57. The highest BCUT2D eigenvalue weighted by Gasteiger charge is 2.14. The minimum Gasteiger partial charge on any atom is -0.504 e. The number of halogens is 1. The fraction of sp³-hybridized carbons (Fsp3) is 0.333. The lowest BCUT2D eigenvalue weighted by atomic mass is 10.2. The van der Waals surface area contributed by atoms with Crippen molar-refractivity contribution in [2.75, 3.05) is 14.2 Å². The molecule has 0 aliphatic rings. The van der Waals surface area contributed by atoms with Crippen LogP contribution in [0.25, 0.3) is 0 Å². The Morgan fingerprint density at radius 3 is 2.23 bits per heavy atom. The van der Waals surface area contributed by atoms with Crippen molar-refractivity contribution < 1.29 is 14.6 Å². The summed E-state index contributed by atoms with van der Waals surface area (Å²) >= 11 is 3.28. The summed E-state index contributed by atoms with van der Waals surface area (Å²) in [4.78, 5) is 0. The van der Waals surface area contributed by atoms with Crippen molar-refractivity contribution in [3.63, 3.8) is 0 Å². The summed E-state index contributed by atoms with van der Waals surface area (Å²) in [6, 6.07) is 1.55. The third kappa shape index (κ3) is 1.72. The van der Waals surface area contributed by atoms with E-state index in [0.29, 0.717) is 16.0 Å². The highest BCUT2D eigenvalue weighted by Crippen LogP contribution is 2.41. The van der Waals surface area contributed by atoms with E-state index in [0.717, 1.165) is 5.56 Å². The van der Waals surface area contributed by atoms with Gasteiger partial charge in [-0.05, 0) is 22.9 Å². The molecule has 0 amide bonds. The van der Waals surface area contributed by atoms with Crippen LogP contribution in [0, 0.1) is 6.92 Å². The molecule has 0 aliphatic heterocycles. The third-order valence-corrected chi connectivity index (χ3v) is 2.39. The molecular weight excluding hydrogens is 236 g/mol. The molecule has 0 saturated carbocycles. The van der Waals surface area contributed by atoms with E-state index in [2.05, 4.69) is 15.9 Å². The van der Waals surface area contributed by atoms with Gasteiger partial charge in [0.25, 0.3) is 0 Å². The van der Waals surface area contributed by atoms with Crippen LogP contribution < -0.4 is 9.47 Å². The van der Waals surface area contributed by atoms with E-state index < -0.39 is 0 Å². The Hall–Kier alpha value is -0.900. The average molecular weight is 247 g/mol. The van der Waals surface area contributed by atoms with Gasteiger partial charge in [-0.15, -0.1) is 0 Å². The monoisotopic (exact) mass is 246 g/mol. The summed E-state index contributed by atoms with van der Waals surface area (Å²) in [5, 5.41) is 9.48. The molecule has 3 nitrogen and oxygen atoms in total. The topological polar surface area (TPSA) is 38.7 Å². The first kappa shape index (κ1) is 10.2. The second-order valence-corrected chi connectivity index (χ2v) is 3.42. The van der Waals surface area contributed by atoms with Crippen molar-refractivity contribution in [2.45, 2.75) is 6.92 Å². The Balaban J connectivity index is 3.39. The highest BCUT2D eigenvalue weighted by molar-refractivity contribution is 9.10. The summed E-state index contributed by atoms with van der Waals surface area (Å²) in [7, 11) is 3.08. The van der Waals surface area contributed by atoms with E-state index >= 15 is 0 Å². The molecule has 1 aromatic carbocycles. The average Bonchev–Trinajstić information content (AvgIpc) is 2.04. The number of ether oxygens (including phenoxy) is 2. The third-order valence-electron chi connectivity index (χ3n) is 1.80. The van der Waals surface area contributed by atoms with Crippen LogP contribution in [0.1, 0.15) is 5.56 Å². The predicted octanol–water partition coefficient (Wildman–Crippen LogP) is 2.48. The lowest BCUT2D eigenvalue weighted by Gasteiger charge is -2.12. The molecule has 0 radical (unpaired) electrons. The maximum Gasteiger partial charge on any atom is 0.167 e. The molecule has 0 fully saturated rings. The van der Waals surface area contributed by atoms with Crippen molar-refractivity contribution in [1.29, 1.82) is 0 Å².